The number of benzene rings is 1. The normalized spacial score (nSPS) is 27.6. The van der Waals surface area contributed by atoms with Crippen LogP contribution >= 0.6 is 0 Å². The van der Waals surface area contributed by atoms with Crippen molar-refractivity contribution in [2.45, 2.75) is 6.04 Å². The second-order valence-corrected chi connectivity index (χ2v) is 5.09. The van der Waals surface area contributed by atoms with E-state index in [2.05, 4.69) is 4.99 Å². The zero-order valence-electron chi connectivity index (χ0n) is 11.6. The number of nitrogens with zero attached hydrogens (tertiary/aromatic N) is 2. The van der Waals surface area contributed by atoms with Crippen molar-refractivity contribution < 1.29 is 19.1 Å². The Hall–Kier alpha value is -2.50. The third-order valence-electron chi connectivity index (χ3n) is 4.00. The van der Waals surface area contributed by atoms with Crippen LogP contribution in [-0.4, -0.2) is 48.6 Å². The number of carbonyl (C=O) groups is 3. The predicted octanol–water partition coefficient (Wildman–Crippen LogP) is 0.262. The molecule has 2 heterocycles. The summed E-state index contributed by atoms with van der Waals surface area (Å²) >= 11 is 0. The number of imide groups is 1. The monoisotopic (exact) mass is 286 g/mol. The second kappa shape index (κ2) is 4.80. The molecule has 2 aliphatic rings. The Labute approximate surface area is 121 Å². The molecule has 0 aromatic heterocycles. The summed E-state index contributed by atoms with van der Waals surface area (Å²) in [5, 5.41) is 0. The highest BCUT2D eigenvalue weighted by Gasteiger charge is 2.58. The van der Waals surface area contributed by atoms with E-state index in [9.17, 15) is 14.4 Å². The third kappa shape index (κ3) is 1.86. The number of hydrogen-bond acceptors (Lipinski definition) is 5. The fourth-order valence-electron chi connectivity index (χ4n) is 2.93. The molecule has 1 aromatic carbocycles. The number of rotatable bonds is 2. The molecule has 1 saturated heterocycles. The van der Waals surface area contributed by atoms with Gasteiger partial charge in [0.2, 0.25) is 11.8 Å². The maximum Gasteiger partial charge on any atom is 0.331 e. The first-order chi connectivity index (χ1) is 10.1. The molecule has 0 spiro atoms. The van der Waals surface area contributed by atoms with Gasteiger partial charge in [0.15, 0.2) is 6.04 Å². The molecule has 0 aliphatic carbocycles. The first-order valence-electron chi connectivity index (χ1n) is 6.58. The van der Waals surface area contributed by atoms with Gasteiger partial charge in [0.1, 0.15) is 0 Å². The van der Waals surface area contributed by atoms with Crippen molar-refractivity contribution in [3.8, 4) is 0 Å². The number of aliphatic imine (C=N–C) groups is 1. The molecule has 108 valence electrons. The van der Waals surface area contributed by atoms with E-state index in [1.807, 2.05) is 30.3 Å². The summed E-state index contributed by atoms with van der Waals surface area (Å²) in [4.78, 5) is 41.8. The summed E-state index contributed by atoms with van der Waals surface area (Å²) in [7, 11) is 2.68. The number of likely N-dealkylation sites (tertiary alicyclic amines) is 1. The molecule has 0 radical (unpaired) electrons. The zero-order valence-corrected chi connectivity index (χ0v) is 11.6. The maximum atomic E-state index is 12.3. The van der Waals surface area contributed by atoms with Crippen LogP contribution in [0.15, 0.2) is 35.3 Å². The Bertz CT molecular complexity index is 653. The Morgan fingerprint density at radius 3 is 2.48 bits per heavy atom. The van der Waals surface area contributed by atoms with Crippen LogP contribution in [0.4, 0.5) is 0 Å². The largest absolute Gasteiger partial charge is 0.467 e. The molecule has 1 aromatic rings. The van der Waals surface area contributed by atoms with Crippen molar-refractivity contribution in [2.75, 3.05) is 14.2 Å². The Balaban J connectivity index is 2.09. The van der Waals surface area contributed by atoms with E-state index >= 15 is 0 Å². The highest BCUT2D eigenvalue weighted by molar-refractivity contribution is 6.24. The lowest BCUT2D eigenvalue weighted by Gasteiger charge is -2.12. The maximum absolute atomic E-state index is 12.3. The third-order valence-corrected chi connectivity index (χ3v) is 4.00. The summed E-state index contributed by atoms with van der Waals surface area (Å²) in [6, 6.07) is 8.17. The summed E-state index contributed by atoms with van der Waals surface area (Å²) in [5.41, 5.74) is 1.23. The summed E-state index contributed by atoms with van der Waals surface area (Å²) in [6.07, 6.45) is 0. The van der Waals surface area contributed by atoms with Crippen molar-refractivity contribution in [1.29, 1.82) is 0 Å². The number of hydrogen-bond donors (Lipinski definition) is 0. The van der Waals surface area contributed by atoms with Crippen LogP contribution in [-0.2, 0) is 19.1 Å². The molecule has 3 rings (SSSR count). The molecule has 6 heteroatoms. The van der Waals surface area contributed by atoms with Gasteiger partial charge in [-0.3, -0.25) is 19.5 Å². The van der Waals surface area contributed by atoms with Crippen molar-refractivity contribution in [2.24, 2.45) is 16.8 Å². The van der Waals surface area contributed by atoms with Crippen LogP contribution in [0.1, 0.15) is 5.56 Å². The van der Waals surface area contributed by atoms with Crippen molar-refractivity contribution in [3.63, 3.8) is 0 Å². The molecule has 0 unspecified atom stereocenters. The number of fused-ring (bicyclic) bond motifs is 1. The Kier molecular flexibility index (Phi) is 3.08. The molecule has 21 heavy (non-hydrogen) atoms. The van der Waals surface area contributed by atoms with Gasteiger partial charge in [0, 0.05) is 7.05 Å². The van der Waals surface area contributed by atoms with Crippen LogP contribution in [0, 0.1) is 11.8 Å². The van der Waals surface area contributed by atoms with E-state index in [0.717, 1.165) is 10.5 Å². The minimum absolute atomic E-state index is 0.320. The molecular weight excluding hydrogens is 272 g/mol. The van der Waals surface area contributed by atoms with Crippen molar-refractivity contribution in [1.82, 2.24) is 4.90 Å². The lowest BCUT2D eigenvalue weighted by atomic mass is 9.86. The van der Waals surface area contributed by atoms with E-state index < -0.39 is 23.8 Å². The highest BCUT2D eigenvalue weighted by atomic mass is 16.5. The van der Waals surface area contributed by atoms with Crippen LogP contribution in [0.25, 0.3) is 0 Å². The van der Waals surface area contributed by atoms with Crippen molar-refractivity contribution in [3.05, 3.63) is 35.9 Å². The van der Waals surface area contributed by atoms with Gasteiger partial charge in [-0.1, -0.05) is 30.3 Å². The number of amides is 2. The minimum atomic E-state index is -0.948. The molecule has 3 atom stereocenters. The fraction of sp³-hybridized carbons (Fsp3) is 0.333. The van der Waals surface area contributed by atoms with Gasteiger partial charge in [-0.2, -0.15) is 0 Å². The van der Waals surface area contributed by atoms with E-state index in [1.54, 1.807) is 0 Å². The molecular formula is C15H14N2O4. The first kappa shape index (κ1) is 13.5. The molecule has 6 nitrogen and oxygen atoms in total. The van der Waals surface area contributed by atoms with Gasteiger partial charge in [-0.25, -0.2) is 4.79 Å². The van der Waals surface area contributed by atoms with E-state index in [0.29, 0.717) is 5.71 Å². The number of carbonyl (C=O) groups excluding carboxylic acids is 3. The zero-order chi connectivity index (χ0) is 15.1. The molecule has 2 aliphatic heterocycles. The van der Waals surface area contributed by atoms with Crippen LogP contribution in [0.5, 0.6) is 0 Å². The quantitative estimate of drug-likeness (QED) is 0.577. The Morgan fingerprint density at radius 1 is 1.19 bits per heavy atom. The molecule has 0 bridgehead atoms. The molecule has 0 saturated carbocycles. The SMILES string of the molecule is COC(=O)[C@@H]1N=C(c2ccccc2)[C@H]2C(=O)N(C)C(=O)[C@H]21. The van der Waals surface area contributed by atoms with Gasteiger partial charge in [-0.15, -0.1) is 0 Å². The second-order valence-electron chi connectivity index (χ2n) is 5.09. The molecule has 2 amide bonds. The van der Waals surface area contributed by atoms with E-state index in [4.69, 9.17) is 4.74 Å². The average Bonchev–Trinajstić information content (AvgIpc) is 3.01. The van der Waals surface area contributed by atoms with Gasteiger partial charge in [0.25, 0.3) is 0 Å². The van der Waals surface area contributed by atoms with Gasteiger partial charge in [0.05, 0.1) is 24.7 Å². The summed E-state index contributed by atoms with van der Waals surface area (Å²) in [6.45, 7) is 0. The summed E-state index contributed by atoms with van der Waals surface area (Å²) in [5.74, 6) is -2.78. The topological polar surface area (TPSA) is 76.0 Å². The van der Waals surface area contributed by atoms with Gasteiger partial charge < -0.3 is 4.74 Å². The van der Waals surface area contributed by atoms with Crippen LogP contribution in [0.3, 0.4) is 0 Å². The number of esters is 1. The van der Waals surface area contributed by atoms with Crippen molar-refractivity contribution >= 4 is 23.5 Å². The smallest absolute Gasteiger partial charge is 0.331 e. The van der Waals surface area contributed by atoms with E-state index in [1.165, 1.54) is 14.2 Å². The Morgan fingerprint density at radius 2 is 1.86 bits per heavy atom. The van der Waals surface area contributed by atoms with Gasteiger partial charge >= 0.3 is 5.97 Å². The lowest BCUT2D eigenvalue weighted by molar-refractivity contribution is -0.146. The standard InChI is InChI=1S/C15H14N2O4/c1-17-13(18)9-10(14(17)19)12(15(20)21-2)16-11(9)8-6-4-3-5-7-8/h3-7,9-10,12H,1-2H3/t9-,10+,12+/m0/s1. The van der Waals surface area contributed by atoms with Crippen LogP contribution < -0.4 is 0 Å². The molecule has 1 fully saturated rings. The predicted molar refractivity (Wildman–Crippen MR) is 73.5 cm³/mol. The lowest BCUT2D eigenvalue weighted by Crippen LogP contribution is -2.34. The summed E-state index contributed by atoms with van der Waals surface area (Å²) < 4.78 is 4.72. The number of methoxy groups -OCH3 is 1. The first-order valence-corrected chi connectivity index (χ1v) is 6.58. The van der Waals surface area contributed by atoms with E-state index in [-0.39, 0.29) is 11.8 Å². The fourth-order valence-corrected chi connectivity index (χ4v) is 2.93. The highest BCUT2D eigenvalue weighted by Crippen LogP contribution is 2.38. The van der Waals surface area contributed by atoms with Gasteiger partial charge in [-0.05, 0) is 5.56 Å². The minimum Gasteiger partial charge on any atom is -0.467 e. The molecule has 0 N–H and O–H groups in total. The van der Waals surface area contributed by atoms with Crippen LogP contribution in [0.2, 0.25) is 0 Å². The number of ether oxygens (including phenoxy) is 1. The average molecular weight is 286 g/mol.